The predicted molar refractivity (Wildman–Crippen MR) is 45.8 cm³/mol. The highest BCUT2D eigenvalue weighted by Gasteiger charge is 2.16. The molecule has 0 unspecified atom stereocenters. The molecule has 68 valence electrons. The molecule has 2 N–H and O–H groups in total. The number of hydrogen-bond acceptors (Lipinski definition) is 5. The van der Waals surface area contributed by atoms with Crippen LogP contribution >= 0.6 is 0 Å². The molecular weight excluding hydrogens is 168 g/mol. The third kappa shape index (κ3) is 1.35. The maximum Gasteiger partial charge on any atom is 0.199 e. The van der Waals surface area contributed by atoms with Crippen molar-refractivity contribution in [3.8, 4) is 0 Å². The van der Waals surface area contributed by atoms with Gasteiger partial charge in [-0.15, -0.1) is 9.73 Å². The molecule has 2 aromatic rings. The van der Waals surface area contributed by atoms with Crippen molar-refractivity contribution in [1.82, 2.24) is 25.3 Å². The normalized spacial score (nSPS) is 12.2. The molecule has 0 radical (unpaired) electrons. The van der Waals surface area contributed by atoms with Crippen LogP contribution in [0.3, 0.4) is 0 Å². The van der Waals surface area contributed by atoms with Crippen LogP contribution in [0, 0.1) is 0 Å². The Kier molecular flexibility index (Phi) is 1.53. The highest BCUT2D eigenvalue weighted by atomic mass is 15.6. The second-order valence-electron chi connectivity index (χ2n) is 3.47. The summed E-state index contributed by atoms with van der Waals surface area (Å²) >= 11 is 0. The number of nitrogens with zero attached hydrogens (tertiary/aromatic N) is 5. The quantitative estimate of drug-likeness (QED) is 0.649. The van der Waals surface area contributed by atoms with E-state index in [4.69, 9.17) is 5.73 Å². The van der Waals surface area contributed by atoms with Crippen molar-refractivity contribution >= 4 is 5.65 Å². The summed E-state index contributed by atoms with van der Waals surface area (Å²) < 4.78 is 1.37. The molecule has 0 fully saturated rings. The zero-order valence-corrected chi connectivity index (χ0v) is 7.47. The van der Waals surface area contributed by atoms with Gasteiger partial charge in [0, 0.05) is 0 Å². The standard InChI is InChI=1S/C7H10N6/c1-7(2,8)5-3-4-6-9-11-12-13(6)10-5/h3-4H,8H2,1-2H3. The molecule has 13 heavy (non-hydrogen) atoms. The summed E-state index contributed by atoms with van der Waals surface area (Å²) in [6, 6.07) is 3.61. The van der Waals surface area contributed by atoms with Crippen LogP contribution in [0.2, 0.25) is 0 Å². The number of tetrazole rings is 1. The number of nitrogens with two attached hydrogens (primary N) is 1. The highest BCUT2D eigenvalue weighted by molar-refractivity contribution is 5.33. The zero-order chi connectivity index (χ0) is 9.47. The van der Waals surface area contributed by atoms with Gasteiger partial charge >= 0.3 is 0 Å². The maximum absolute atomic E-state index is 5.87. The van der Waals surface area contributed by atoms with E-state index < -0.39 is 5.54 Å². The van der Waals surface area contributed by atoms with Gasteiger partial charge in [-0.05, 0) is 36.4 Å². The fourth-order valence-electron chi connectivity index (χ4n) is 0.993. The number of aromatic nitrogens is 5. The molecule has 6 heteroatoms. The Labute approximate surface area is 74.7 Å². The average Bonchev–Trinajstić information content (AvgIpc) is 2.47. The van der Waals surface area contributed by atoms with E-state index in [9.17, 15) is 0 Å². The molecule has 0 spiro atoms. The molecule has 2 rings (SSSR count). The first-order valence-corrected chi connectivity index (χ1v) is 3.92. The molecule has 0 saturated carbocycles. The van der Waals surface area contributed by atoms with Crippen LogP contribution in [0.1, 0.15) is 19.5 Å². The number of fused-ring (bicyclic) bond motifs is 1. The Morgan fingerprint density at radius 3 is 2.85 bits per heavy atom. The minimum atomic E-state index is -0.472. The average molecular weight is 178 g/mol. The molecule has 0 atom stereocenters. The molecule has 0 aromatic carbocycles. The summed E-state index contributed by atoms with van der Waals surface area (Å²) in [6.45, 7) is 3.76. The van der Waals surface area contributed by atoms with Crippen LogP contribution < -0.4 is 5.73 Å². The fraction of sp³-hybridized carbons (Fsp3) is 0.429. The van der Waals surface area contributed by atoms with Crippen LogP contribution in [-0.2, 0) is 5.54 Å². The zero-order valence-electron chi connectivity index (χ0n) is 7.47. The van der Waals surface area contributed by atoms with E-state index in [1.807, 2.05) is 19.9 Å². The van der Waals surface area contributed by atoms with E-state index in [1.165, 1.54) is 4.63 Å². The van der Waals surface area contributed by atoms with Crippen LogP contribution in [0.5, 0.6) is 0 Å². The largest absolute Gasteiger partial charge is 0.321 e. The van der Waals surface area contributed by atoms with E-state index >= 15 is 0 Å². The second-order valence-corrected chi connectivity index (χ2v) is 3.47. The summed E-state index contributed by atoms with van der Waals surface area (Å²) in [7, 11) is 0. The van der Waals surface area contributed by atoms with Gasteiger partial charge in [0.1, 0.15) is 0 Å². The van der Waals surface area contributed by atoms with Gasteiger partial charge < -0.3 is 5.73 Å². The molecular formula is C7H10N6. The van der Waals surface area contributed by atoms with Gasteiger partial charge in [0.05, 0.1) is 11.2 Å². The molecule has 0 bridgehead atoms. The Morgan fingerprint density at radius 1 is 1.38 bits per heavy atom. The lowest BCUT2D eigenvalue weighted by Gasteiger charge is -2.16. The monoisotopic (exact) mass is 178 g/mol. The third-order valence-electron chi connectivity index (χ3n) is 1.73. The van der Waals surface area contributed by atoms with Crippen LogP contribution in [0.25, 0.3) is 5.65 Å². The minimum Gasteiger partial charge on any atom is -0.321 e. The first-order chi connectivity index (χ1) is 6.07. The van der Waals surface area contributed by atoms with Gasteiger partial charge in [0.2, 0.25) is 0 Å². The minimum absolute atomic E-state index is 0.472. The van der Waals surface area contributed by atoms with Crippen molar-refractivity contribution in [3.05, 3.63) is 17.8 Å². The van der Waals surface area contributed by atoms with Gasteiger partial charge in [-0.3, -0.25) is 0 Å². The predicted octanol–water partition coefficient (Wildman–Crippen LogP) is -0.287. The summed E-state index contributed by atoms with van der Waals surface area (Å²) in [5.41, 5.74) is 6.78. The highest BCUT2D eigenvalue weighted by Crippen LogP contribution is 2.12. The van der Waals surface area contributed by atoms with Crippen molar-refractivity contribution in [1.29, 1.82) is 0 Å². The molecule has 2 aromatic heterocycles. The lowest BCUT2D eigenvalue weighted by molar-refractivity contribution is 0.514. The third-order valence-corrected chi connectivity index (χ3v) is 1.73. The molecule has 0 aliphatic heterocycles. The lowest BCUT2D eigenvalue weighted by atomic mass is 10.0. The Morgan fingerprint density at radius 2 is 2.15 bits per heavy atom. The smallest absolute Gasteiger partial charge is 0.199 e. The number of hydrogen-bond donors (Lipinski definition) is 1. The lowest BCUT2D eigenvalue weighted by Crippen LogP contribution is -2.30. The SMILES string of the molecule is CC(C)(N)c1ccc2nnnn2n1. The second kappa shape index (κ2) is 2.46. The summed E-state index contributed by atoms with van der Waals surface area (Å²) in [5.74, 6) is 0. The van der Waals surface area contributed by atoms with Gasteiger partial charge in [-0.25, -0.2) is 0 Å². The molecule has 0 amide bonds. The van der Waals surface area contributed by atoms with Gasteiger partial charge in [0.25, 0.3) is 0 Å². The van der Waals surface area contributed by atoms with E-state index in [-0.39, 0.29) is 0 Å². The van der Waals surface area contributed by atoms with E-state index in [0.29, 0.717) is 5.65 Å². The van der Waals surface area contributed by atoms with Crippen molar-refractivity contribution in [2.45, 2.75) is 19.4 Å². The van der Waals surface area contributed by atoms with Crippen LogP contribution in [0.4, 0.5) is 0 Å². The van der Waals surface area contributed by atoms with Gasteiger partial charge in [-0.2, -0.15) is 5.10 Å². The van der Waals surface area contributed by atoms with Crippen molar-refractivity contribution in [2.24, 2.45) is 5.73 Å². The Balaban J connectivity index is 2.61. The van der Waals surface area contributed by atoms with Gasteiger partial charge in [0.15, 0.2) is 5.65 Å². The summed E-state index contributed by atoms with van der Waals surface area (Å²) in [4.78, 5) is 0. The molecule has 2 heterocycles. The molecule has 0 aliphatic carbocycles. The Bertz CT molecular complexity index is 426. The van der Waals surface area contributed by atoms with Crippen molar-refractivity contribution in [3.63, 3.8) is 0 Å². The van der Waals surface area contributed by atoms with Crippen molar-refractivity contribution < 1.29 is 0 Å². The topological polar surface area (TPSA) is 82.0 Å². The molecule has 6 nitrogen and oxygen atoms in total. The fourth-order valence-corrected chi connectivity index (χ4v) is 0.993. The van der Waals surface area contributed by atoms with Crippen LogP contribution in [0.15, 0.2) is 12.1 Å². The first-order valence-electron chi connectivity index (χ1n) is 3.92. The first kappa shape index (κ1) is 8.06. The Hall–Kier alpha value is -1.56. The van der Waals surface area contributed by atoms with Gasteiger partial charge in [-0.1, -0.05) is 0 Å². The molecule has 0 saturated heterocycles. The number of rotatable bonds is 1. The molecule has 0 aliphatic rings. The summed E-state index contributed by atoms with van der Waals surface area (Å²) in [6.07, 6.45) is 0. The van der Waals surface area contributed by atoms with Crippen LogP contribution in [-0.4, -0.2) is 25.3 Å². The maximum atomic E-state index is 5.87. The van der Waals surface area contributed by atoms with E-state index in [0.717, 1.165) is 5.69 Å². The van der Waals surface area contributed by atoms with E-state index in [2.05, 4.69) is 20.6 Å². The summed E-state index contributed by atoms with van der Waals surface area (Å²) in [5, 5.41) is 15.1. The van der Waals surface area contributed by atoms with Crippen molar-refractivity contribution in [2.75, 3.05) is 0 Å². The van der Waals surface area contributed by atoms with E-state index in [1.54, 1.807) is 6.07 Å².